The van der Waals surface area contributed by atoms with Crippen molar-refractivity contribution in [1.82, 2.24) is 34.5 Å². The lowest BCUT2D eigenvalue weighted by Crippen LogP contribution is -2.33. The summed E-state index contributed by atoms with van der Waals surface area (Å²) < 4.78 is 8.91. The molecule has 0 radical (unpaired) electrons. The molecule has 4 rings (SSSR count). The number of nitrogen functional groups attached to an aromatic ring is 1. The minimum absolute atomic E-state index is 0.161. The highest BCUT2D eigenvalue weighted by Crippen LogP contribution is 2.36. The van der Waals surface area contributed by atoms with E-state index >= 15 is 0 Å². The van der Waals surface area contributed by atoms with Gasteiger partial charge < -0.3 is 25.8 Å². The summed E-state index contributed by atoms with van der Waals surface area (Å²) in [4.78, 5) is 12.7. The molecule has 5 N–H and O–H groups in total. The van der Waals surface area contributed by atoms with Crippen LogP contribution in [0.25, 0.3) is 22.7 Å². The van der Waals surface area contributed by atoms with Gasteiger partial charge in [-0.05, 0) is 12.3 Å². The molecule has 1 aliphatic rings. The van der Waals surface area contributed by atoms with E-state index in [1.165, 1.54) is 10.9 Å². The molecule has 4 heterocycles. The molecule has 3 aromatic rings. The Labute approximate surface area is 166 Å². The molecule has 12 heteroatoms. The number of rotatable bonds is 6. The summed E-state index contributed by atoms with van der Waals surface area (Å²) in [6.07, 6.45) is -0.608. The summed E-state index contributed by atoms with van der Waals surface area (Å²) in [5.41, 5.74) is 7.03. The first-order valence-corrected chi connectivity index (χ1v) is 9.42. The second-order valence-electron chi connectivity index (χ2n) is 7.51. The maximum absolute atomic E-state index is 10.5. The summed E-state index contributed by atoms with van der Waals surface area (Å²) in [6.45, 7) is 4.50. The van der Waals surface area contributed by atoms with Crippen molar-refractivity contribution in [2.24, 2.45) is 5.92 Å². The second kappa shape index (κ2) is 7.63. The zero-order valence-electron chi connectivity index (χ0n) is 16.1. The van der Waals surface area contributed by atoms with E-state index in [0.717, 1.165) is 6.42 Å². The van der Waals surface area contributed by atoms with Crippen molar-refractivity contribution in [3.63, 3.8) is 0 Å². The summed E-state index contributed by atoms with van der Waals surface area (Å²) in [5.74, 6) is 0.994. The van der Waals surface area contributed by atoms with Crippen LogP contribution < -0.4 is 5.73 Å². The highest BCUT2D eigenvalue weighted by Gasteiger charge is 2.45. The Balaban J connectivity index is 1.80. The van der Waals surface area contributed by atoms with Crippen molar-refractivity contribution in [1.29, 1.82) is 0 Å². The van der Waals surface area contributed by atoms with E-state index in [2.05, 4.69) is 39.1 Å². The van der Waals surface area contributed by atoms with Gasteiger partial charge in [-0.15, -0.1) is 5.10 Å². The van der Waals surface area contributed by atoms with Crippen molar-refractivity contribution < 1.29 is 20.1 Å². The average molecular weight is 404 g/mol. The van der Waals surface area contributed by atoms with Gasteiger partial charge in [-0.1, -0.05) is 19.1 Å². The van der Waals surface area contributed by atoms with Gasteiger partial charge in [0.25, 0.3) is 0 Å². The highest BCUT2D eigenvalue weighted by molar-refractivity contribution is 5.84. The molecule has 1 aliphatic heterocycles. The second-order valence-corrected chi connectivity index (χ2v) is 7.51. The van der Waals surface area contributed by atoms with E-state index in [1.807, 2.05) is 0 Å². The molecule has 0 amide bonds. The lowest BCUT2D eigenvalue weighted by Gasteiger charge is -2.18. The van der Waals surface area contributed by atoms with Gasteiger partial charge in [0.05, 0.1) is 12.8 Å². The molecular formula is C17H24N8O4. The van der Waals surface area contributed by atoms with Crippen LogP contribution in [0, 0.1) is 5.92 Å². The van der Waals surface area contributed by atoms with Gasteiger partial charge in [-0.2, -0.15) is 0 Å². The standard InChI is InChI=1S/C17H24N8O4/c1-8(2)3-4-24-5-9(22-23-24)15-21-11-14(18)19-7-20-16(11)25(15)17-13(28)12(27)10(6-26)29-17/h5,7-8,10,12-13,17,26-28H,3-4,6H2,1-2H3,(H2,18,19,20)/t10-,12-,13-,17-/m1/s1. The number of nitrogens with zero attached hydrogens (tertiary/aromatic N) is 7. The molecule has 0 saturated carbocycles. The van der Waals surface area contributed by atoms with E-state index in [-0.39, 0.29) is 5.82 Å². The summed E-state index contributed by atoms with van der Waals surface area (Å²) in [5, 5.41) is 38.5. The van der Waals surface area contributed by atoms with Crippen LogP contribution in [0.1, 0.15) is 26.5 Å². The number of nitrogens with two attached hydrogens (primary N) is 1. The van der Waals surface area contributed by atoms with Crippen LogP contribution in [-0.2, 0) is 11.3 Å². The lowest BCUT2D eigenvalue weighted by molar-refractivity contribution is -0.0503. The predicted molar refractivity (Wildman–Crippen MR) is 101 cm³/mol. The molecule has 29 heavy (non-hydrogen) atoms. The van der Waals surface area contributed by atoms with Gasteiger partial charge in [0, 0.05) is 6.54 Å². The first kappa shape index (κ1) is 19.6. The first-order chi connectivity index (χ1) is 13.9. The molecule has 12 nitrogen and oxygen atoms in total. The third-order valence-electron chi connectivity index (χ3n) is 4.98. The molecule has 0 spiro atoms. The number of fused-ring (bicyclic) bond motifs is 1. The van der Waals surface area contributed by atoms with Crippen molar-refractivity contribution in [3.8, 4) is 11.5 Å². The van der Waals surface area contributed by atoms with Crippen LogP contribution in [0.4, 0.5) is 5.82 Å². The number of aliphatic hydroxyl groups is 3. The molecule has 3 aromatic heterocycles. The first-order valence-electron chi connectivity index (χ1n) is 9.42. The Morgan fingerprint density at radius 3 is 2.72 bits per heavy atom. The van der Waals surface area contributed by atoms with Gasteiger partial charge in [0.15, 0.2) is 29.0 Å². The minimum atomic E-state index is -1.31. The number of aryl methyl sites for hydroxylation is 1. The third-order valence-corrected chi connectivity index (χ3v) is 4.98. The van der Waals surface area contributed by atoms with Gasteiger partial charge in [0.2, 0.25) is 0 Å². The van der Waals surface area contributed by atoms with E-state index in [4.69, 9.17) is 10.5 Å². The summed E-state index contributed by atoms with van der Waals surface area (Å²) in [6, 6.07) is 0. The number of ether oxygens (including phenoxy) is 1. The van der Waals surface area contributed by atoms with E-state index in [9.17, 15) is 15.3 Å². The third kappa shape index (κ3) is 3.44. The Hall–Kier alpha value is -2.67. The largest absolute Gasteiger partial charge is 0.394 e. The molecule has 0 bridgehead atoms. The number of hydrogen-bond donors (Lipinski definition) is 4. The Kier molecular flexibility index (Phi) is 5.17. The molecular weight excluding hydrogens is 380 g/mol. The molecule has 0 unspecified atom stereocenters. The fourth-order valence-corrected chi connectivity index (χ4v) is 3.34. The van der Waals surface area contributed by atoms with Gasteiger partial charge >= 0.3 is 0 Å². The molecule has 1 saturated heterocycles. The molecule has 0 aliphatic carbocycles. The van der Waals surface area contributed by atoms with Crippen LogP contribution in [0.15, 0.2) is 12.5 Å². The van der Waals surface area contributed by atoms with Crippen LogP contribution in [-0.4, -0.2) is 74.8 Å². The van der Waals surface area contributed by atoms with E-state index in [1.54, 1.807) is 10.9 Å². The molecule has 156 valence electrons. The highest BCUT2D eigenvalue weighted by atomic mass is 16.6. The molecule has 4 atom stereocenters. The number of aliphatic hydroxyl groups excluding tert-OH is 3. The van der Waals surface area contributed by atoms with Crippen LogP contribution in [0.2, 0.25) is 0 Å². The van der Waals surface area contributed by atoms with Crippen molar-refractivity contribution >= 4 is 17.0 Å². The van der Waals surface area contributed by atoms with E-state index < -0.39 is 31.1 Å². The van der Waals surface area contributed by atoms with E-state index in [0.29, 0.717) is 35.1 Å². The molecule has 0 aromatic carbocycles. The fourth-order valence-electron chi connectivity index (χ4n) is 3.34. The van der Waals surface area contributed by atoms with Crippen LogP contribution in [0.3, 0.4) is 0 Å². The number of hydrogen-bond acceptors (Lipinski definition) is 10. The SMILES string of the molecule is CC(C)CCn1cc(-c2nc3c(N)ncnc3n2[C@@H]2O[C@H](CO)[C@@H](O)[C@H]2O)nn1. The lowest BCUT2D eigenvalue weighted by atomic mass is 10.1. The minimum Gasteiger partial charge on any atom is -0.394 e. The zero-order chi connectivity index (χ0) is 20.7. The van der Waals surface area contributed by atoms with Crippen molar-refractivity contribution in [3.05, 3.63) is 12.5 Å². The predicted octanol–water partition coefficient (Wildman–Crippen LogP) is -0.675. The van der Waals surface area contributed by atoms with Gasteiger partial charge in [-0.25, -0.2) is 15.0 Å². The maximum atomic E-state index is 10.5. The Morgan fingerprint density at radius 1 is 1.24 bits per heavy atom. The maximum Gasteiger partial charge on any atom is 0.168 e. The normalized spacial score (nSPS) is 24.8. The number of aromatic nitrogens is 7. The average Bonchev–Trinajstić information content (AvgIpc) is 3.38. The smallest absolute Gasteiger partial charge is 0.168 e. The summed E-state index contributed by atoms with van der Waals surface area (Å²) >= 11 is 0. The number of imidazole rings is 1. The van der Waals surface area contributed by atoms with Crippen LogP contribution in [0.5, 0.6) is 0 Å². The molecule has 1 fully saturated rings. The fraction of sp³-hybridized carbons (Fsp3) is 0.588. The monoisotopic (exact) mass is 404 g/mol. The van der Waals surface area contributed by atoms with Gasteiger partial charge in [0.1, 0.15) is 30.3 Å². The zero-order valence-corrected chi connectivity index (χ0v) is 16.1. The number of anilines is 1. The Bertz CT molecular complexity index is 1000. The topological polar surface area (TPSA) is 170 Å². The van der Waals surface area contributed by atoms with Crippen LogP contribution >= 0.6 is 0 Å². The quantitative estimate of drug-likeness (QED) is 0.413. The Morgan fingerprint density at radius 2 is 2.03 bits per heavy atom. The van der Waals surface area contributed by atoms with Gasteiger partial charge in [-0.3, -0.25) is 9.25 Å². The van der Waals surface area contributed by atoms with Crippen molar-refractivity contribution in [2.75, 3.05) is 12.3 Å². The summed E-state index contributed by atoms with van der Waals surface area (Å²) in [7, 11) is 0. The van der Waals surface area contributed by atoms with Crippen molar-refractivity contribution in [2.45, 2.75) is 51.4 Å².